The molecule has 0 radical (unpaired) electrons. The molecule has 0 aromatic carbocycles. The van der Waals surface area contributed by atoms with Gasteiger partial charge in [-0.3, -0.25) is 0 Å². The molecule has 1 fully saturated rings. The molecule has 2 rings (SSSR count). The molecule has 78 valence electrons. The van der Waals surface area contributed by atoms with E-state index in [-0.39, 0.29) is 0 Å². The summed E-state index contributed by atoms with van der Waals surface area (Å²) in [6, 6.07) is 6.04. The summed E-state index contributed by atoms with van der Waals surface area (Å²) in [5, 5.41) is 8.98. The van der Waals surface area contributed by atoms with Crippen LogP contribution in [0.15, 0.2) is 18.3 Å². The maximum absolute atomic E-state index is 8.98. The van der Waals surface area contributed by atoms with Crippen molar-refractivity contribution in [2.45, 2.75) is 6.42 Å². The van der Waals surface area contributed by atoms with Crippen LogP contribution in [0.25, 0.3) is 0 Å². The molecule has 0 saturated carbocycles. The molecule has 0 unspecified atom stereocenters. The van der Waals surface area contributed by atoms with Gasteiger partial charge < -0.3 is 4.90 Å². The Labute approximate surface area is 94.1 Å². The van der Waals surface area contributed by atoms with Crippen molar-refractivity contribution in [2.75, 3.05) is 29.5 Å². The predicted octanol–water partition coefficient (Wildman–Crippen LogP) is 1.90. The van der Waals surface area contributed by atoms with Gasteiger partial charge in [-0.1, -0.05) is 0 Å². The second-order valence-corrected chi connectivity index (χ2v) is 4.66. The van der Waals surface area contributed by atoms with Crippen molar-refractivity contribution in [1.82, 2.24) is 4.98 Å². The summed E-state index contributed by atoms with van der Waals surface area (Å²) in [6.45, 7) is 2.05. The fourth-order valence-corrected chi connectivity index (χ4v) is 2.61. The molecule has 15 heavy (non-hydrogen) atoms. The van der Waals surface area contributed by atoms with Crippen LogP contribution in [0.5, 0.6) is 0 Å². The normalized spacial score (nSPS) is 16.9. The molecule has 0 amide bonds. The first kappa shape index (κ1) is 10.3. The van der Waals surface area contributed by atoms with Crippen LogP contribution >= 0.6 is 11.8 Å². The fourth-order valence-electron chi connectivity index (χ4n) is 1.73. The Morgan fingerprint density at radius 2 is 2.33 bits per heavy atom. The number of rotatable bonds is 1. The van der Waals surface area contributed by atoms with Crippen molar-refractivity contribution in [1.29, 1.82) is 5.26 Å². The van der Waals surface area contributed by atoms with Crippen molar-refractivity contribution >= 4 is 17.4 Å². The smallest absolute Gasteiger partial charge is 0.163 e. The van der Waals surface area contributed by atoms with E-state index in [1.54, 1.807) is 6.20 Å². The Kier molecular flexibility index (Phi) is 3.46. The summed E-state index contributed by atoms with van der Waals surface area (Å²) in [5.41, 5.74) is 1.53. The Morgan fingerprint density at radius 1 is 1.40 bits per heavy atom. The van der Waals surface area contributed by atoms with Gasteiger partial charge in [-0.05, 0) is 24.3 Å². The minimum absolute atomic E-state index is 0.546. The summed E-state index contributed by atoms with van der Waals surface area (Å²) >= 11 is 1.98. The number of nitriles is 1. The van der Waals surface area contributed by atoms with Gasteiger partial charge in [0.1, 0.15) is 6.07 Å². The van der Waals surface area contributed by atoms with E-state index in [4.69, 9.17) is 5.26 Å². The molecule has 0 spiro atoms. The van der Waals surface area contributed by atoms with Crippen LogP contribution in [-0.4, -0.2) is 29.6 Å². The van der Waals surface area contributed by atoms with E-state index in [1.165, 1.54) is 12.2 Å². The van der Waals surface area contributed by atoms with E-state index in [2.05, 4.69) is 16.0 Å². The highest BCUT2D eigenvalue weighted by atomic mass is 32.2. The molecule has 1 aromatic rings. The number of pyridine rings is 1. The van der Waals surface area contributed by atoms with Gasteiger partial charge in [0, 0.05) is 25.0 Å². The lowest BCUT2D eigenvalue weighted by Crippen LogP contribution is -2.26. The van der Waals surface area contributed by atoms with Crippen molar-refractivity contribution < 1.29 is 0 Å². The third-order valence-electron chi connectivity index (χ3n) is 2.46. The number of thioether (sulfide) groups is 1. The van der Waals surface area contributed by atoms with Crippen molar-refractivity contribution in [3.63, 3.8) is 0 Å². The van der Waals surface area contributed by atoms with Gasteiger partial charge in [-0.25, -0.2) is 4.98 Å². The SMILES string of the molecule is N#Cc1ncccc1N1CCCSCC1. The second kappa shape index (κ2) is 5.04. The van der Waals surface area contributed by atoms with E-state index < -0.39 is 0 Å². The summed E-state index contributed by atoms with van der Waals surface area (Å²) in [7, 11) is 0. The minimum atomic E-state index is 0.546. The van der Waals surface area contributed by atoms with Crippen LogP contribution in [0.1, 0.15) is 12.1 Å². The van der Waals surface area contributed by atoms with Gasteiger partial charge >= 0.3 is 0 Å². The number of hydrogen-bond acceptors (Lipinski definition) is 4. The van der Waals surface area contributed by atoms with Crippen LogP contribution in [0, 0.1) is 11.3 Å². The van der Waals surface area contributed by atoms with Gasteiger partial charge in [-0.2, -0.15) is 17.0 Å². The Bertz CT molecular complexity index is 364. The minimum Gasteiger partial charge on any atom is -0.368 e. The molecule has 0 aliphatic carbocycles. The largest absolute Gasteiger partial charge is 0.368 e. The molecule has 0 atom stereocenters. The lowest BCUT2D eigenvalue weighted by atomic mass is 10.2. The third-order valence-corrected chi connectivity index (χ3v) is 3.50. The lowest BCUT2D eigenvalue weighted by molar-refractivity contribution is 0.812. The van der Waals surface area contributed by atoms with Crippen LogP contribution in [-0.2, 0) is 0 Å². The standard InChI is InChI=1S/C11H13N3S/c12-9-10-11(3-1-4-13-10)14-5-2-7-15-8-6-14/h1,3-4H,2,5-8H2. The first-order chi connectivity index (χ1) is 7.42. The van der Waals surface area contributed by atoms with Gasteiger partial charge in [0.2, 0.25) is 0 Å². The Hall–Kier alpha value is -1.21. The van der Waals surface area contributed by atoms with Crippen LogP contribution in [0.4, 0.5) is 5.69 Å². The maximum Gasteiger partial charge on any atom is 0.163 e. The highest BCUT2D eigenvalue weighted by molar-refractivity contribution is 7.99. The van der Waals surface area contributed by atoms with E-state index in [0.717, 1.165) is 24.5 Å². The third kappa shape index (κ3) is 2.42. The number of nitrogens with zero attached hydrogens (tertiary/aromatic N) is 3. The molecule has 2 heterocycles. The lowest BCUT2D eigenvalue weighted by Gasteiger charge is -2.22. The number of hydrogen-bond donors (Lipinski definition) is 0. The van der Waals surface area contributed by atoms with Gasteiger partial charge in [0.05, 0.1) is 5.69 Å². The Morgan fingerprint density at radius 3 is 3.20 bits per heavy atom. The molecule has 0 bridgehead atoms. The summed E-state index contributed by atoms with van der Waals surface area (Å²) in [5.74, 6) is 2.36. The topological polar surface area (TPSA) is 39.9 Å². The molecular weight excluding hydrogens is 206 g/mol. The Balaban J connectivity index is 2.23. The number of anilines is 1. The summed E-state index contributed by atoms with van der Waals surface area (Å²) < 4.78 is 0. The fraction of sp³-hybridized carbons (Fsp3) is 0.455. The van der Waals surface area contributed by atoms with E-state index in [1.807, 2.05) is 23.9 Å². The quantitative estimate of drug-likeness (QED) is 0.723. The highest BCUT2D eigenvalue weighted by Gasteiger charge is 2.13. The number of aromatic nitrogens is 1. The summed E-state index contributed by atoms with van der Waals surface area (Å²) in [4.78, 5) is 6.36. The van der Waals surface area contributed by atoms with Gasteiger partial charge in [0.15, 0.2) is 5.69 Å². The van der Waals surface area contributed by atoms with Crippen LogP contribution in [0.2, 0.25) is 0 Å². The predicted molar refractivity (Wildman–Crippen MR) is 63.1 cm³/mol. The first-order valence-electron chi connectivity index (χ1n) is 5.09. The molecule has 1 aromatic heterocycles. The van der Waals surface area contributed by atoms with Crippen molar-refractivity contribution in [3.8, 4) is 6.07 Å². The molecule has 1 aliphatic rings. The van der Waals surface area contributed by atoms with E-state index in [9.17, 15) is 0 Å². The molecule has 3 nitrogen and oxygen atoms in total. The van der Waals surface area contributed by atoms with E-state index >= 15 is 0 Å². The van der Waals surface area contributed by atoms with Gasteiger partial charge in [0.25, 0.3) is 0 Å². The first-order valence-corrected chi connectivity index (χ1v) is 6.25. The van der Waals surface area contributed by atoms with Crippen molar-refractivity contribution in [2.24, 2.45) is 0 Å². The second-order valence-electron chi connectivity index (χ2n) is 3.44. The zero-order valence-electron chi connectivity index (χ0n) is 8.52. The zero-order valence-corrected chi connectivity index (χ0v) is 9.33. The van der Waals surface area contributed by atoms with Crippen LogP contribution < -0.4 is 4.90 Å². The van der Waals surface area contributed by atoms with Crippen molar-refractivity contribution in [3.05, 3.63) is 24.0 Å². The average molecular weight is 219 g/mol. The average Bonchev–Trinajstić information content (AvgIpc) is 2.57. The maximum atomic E-state index is 8.98. The molecular formula is C11H13N3S. The van der Waals surface area contributed by atoms with Crippen LogP contribution in [0.3, 0.4) is 0 Å². The van der Waals surface area contributed by atoms with Gasteiger partial charge in [-0.15, -0.1) is 0 Å². The summed E-state index contributed by atoms with van der Waals surface area (Å²) in [6.07, 6.45) is 2.86. The monoisotopic (exact) mass is 219 g/mol. The molecule has 1 saturated heterocycles. The molecule has 1 aliphatic heterocycles. The molecule has 4 heteroatoms. The highest BCUT2D eigenvalue weighted by Crippen LogP contribution is 2.21. The molecule has 0 N–H and O–H groups in total. The van der Waals surface area contributed by atoms with E-state index in [0.29, 0.717) is 5.69 Å². The zero-order chi connectivity index (χ0) is 10.5.